The van der Waals surface area contributed by atoms with Gasteiger partial charge in [-0.1, -0.05) is 31.4 Å². The van der Waals surface area contributed by atoms with Gasteiger partial charge in [-0.2, -0.15) is 0 Å². The third-order valence-electron chi connectivity index (χ3n) is 7.26. The van der Waals surface area contributed by atoms with E-state index in [9.17, 15) is 0 Å². The molecule has 6 rings (SSSR count). The minimum Gasteiger partial charge on any atom is -0.354 e. The van der Waals surface area contributed by atoms with Crippen LogP contribution >= 0.6 is 0 Å². The van der Waals surface area contributed by atoms with Crippen molar-refractivity contribution in [3.05, 3.63) is 47.9 Å². The number of likely N-dealkylation sites (tertiary alicyclic amines) is 1. The van der Waals surface area contributed by atoms with Crippen LogP contribution in [0.1, 0.15) is 43.5 Å². The SMILES string of the molecule is Cc1nc2c(-c3cc4ccc(CN5CC[C@@H]6CCCC[C@H]6C5)cc4[nH]3)ccnc2[nH]1. The molecule has 1 saturated carbocycles. The minimum absolute atomic E-state index is 0.843. The Balaban J connectivity index is 1.26. The minimum atomic E-state index is 0.843. The Labute approximate surface area is 176 Å². The van der Waals surface area contributed by atoms with Gasteiger partial charge in [0.2, 0.25) is 0 Å². The number of aryl methyl sites for hydroxylation is 1. The van der Waals surface area contributed by atoms with E-state index in [-0.39, 0.29) is 0 Å². The highest BCUT2D eigenvalue weighted by Crippen LogP contribution is 2.36. The molecule has 1 aliphatic carbocycles. The molecule has 4 aromatic rings. The van der Waals surface area contributed by atoms with Gasteiger partial charge in [0, 0.05) is 41.4 Å². The van der Waals surface area contributed by atoms with E-state index >= 15 is 0 Å². The Morgan fingerprint density at radius 2 is 1.93 bits per heavy atom. The van der Waals surface area contributed by atoms with Gasteiger partial charge in [-0.3, -0.25) is 4.90 Å². The first-order valence-corrected chi connectivity index (χ1v) is 11.4. The predicted octanol–water partition coefficient (Wildman–Crippen LogP) is 5.43. The molecule has 0 radical (unpaired) electrons. The van der Waals surface area contributed by atoms with Crippen molar-refractivity contribution >= 4 is 22.1 Å². The Morgan fingerprint density at radius 1 is 1.03 bits per heavy atom. The van der Waals surface area contributed by atoms with Crippen LogP contribution in [0.4, 0.5) is 0 Å². The molecule has 2 fully saturated rings. The molecule has 2 atom stereocenters. The Kier molecular flexibility index (Phi) is 4.38. The average Bonchev–Trinajstić information content (AvgIpc) is 3.35. The number of rotatable bonds is 3. The maximum atomic E-state index is 4.64. The van der Waals surface area contributed by atoms with Crippen LogP contribution in [0.2, 0.25) is 0 Å². The lowest BCUT2D eigenvalue weighted by molar-refractivity contribution is 0.0821. The van der Waals surface area contributed by atoms with Gasteiger partial charge in [0.25, 0.3) is 0 Å². The van der Waals surface area contributed by atoms with E-state index in [0.717, 1.165) is 46.6 Å². The van der Waals surface area contributed by atoms with Crippen LogP contribution in [0, 0.1) is 18.8 Å². The molecular formula is C25H29N5. The second-order valence-electron chi connectivity index (χ2n) is 9.31. The number of nitrogens with zero attached hydrogens (tertiary/aromatic N) is 3. The van der Waals surface area contributed by atoms with Gasteiger partial charge in [0.05, 0.1) is 0 Å². The molecule has 5 nitrogen and oxygen atoms in total. The molecule has 30 heavy (non-hydrogen) atoms. The third-order valence-corrected chi connectivity index (χ3v) is 7.26. The second-order valence-corrected chi connectivity index (χ2v) is 9.31. The summed E-state index contributed by atoms with van der Waals surface area (Å²) in [5, 5.41) is 1.25. The van der Waals surface area contributed by atoms with Crippen molar-refractivity contribution in [2.75, 3.05) is 13.1 Å². The number of hydrogen-bond acceptors (Lipinski definition) is 3. The summed E-state index contributed by atoms with van der Waals surface area (Å²) in [5.41, 5.74) is 6.58. The third kappa shape index (κ3) is 3.21. The molecule has 5 heteroatoms. The summed E-state index contributed by atoms with van der Waals surface area (Å²) in [4.78, 5) is 18.6. The molecular weight excluding hydrogens is 370 g/mol. The van der Waals surface area contributed by atoms with Gasteiger partial charge < -0.3 is 9.97 Å². The van der Waals surface area contributed by atoms with E-state index in [1.54, 1.807) is 0 Å². The maximum absolute atomic E-state index is 4.64. The van der Waals surface area contributed by atoms with Gasteiger partial charge in [-0.05, 0) is 61.9 Å². The lowest BCUT2D eigenvalue weighted by Gasteiger charge is -2.41. The van der Waals surface area contributed by atoms with E-state index in [0.29, 0.717) is 0 Å². The molecule has 1 saturated heterocycles. The number of H-pyrrole nitrogens is 2. The first-order chi connectivity index (χ1) is 14.7. The normalized spacial score (nSPS) is 22.6. The first-order valence-electron chi connectivity index (χ1n) is 11.4. The fraction of sp³-hybridized carbons (Fsp3) is 0.440. The lowest BCUT2D eigenvalue weighted by Crippen LogP contribution is -2.41. The number of fused-ring (bicyclic) bond motifs is 3. The highest BCUT2D eigenvalue weighted by atomic mass is 15.1. The molecule has 1 aromatic carbocycles. The molecule has 0 amide bonds. The summed E-state index contributed by atoms with van der Waals surface area (Å²) >= 11 is 0. The Hall–Kier alpha value is -2.66. The standard InChI is InChI=1S/C25H29N5/c1-16-27-24-21(8-10-26-25(24)28-16)23-13-19-7-6-17(12-22(19)29-23)14-30-11-9-18-4-2-3-5-20(18)15-30/h6-8,10,12-13,18,20,29H,2-5,9,11,14-15H2,1H3,(H,26,27,28)/t18-,20-/m0/s1. The van der Waals surface area contributed by atoms with Crippen LogP contribution in [0.3, 0.4) is 0 Å². The fourth-order valence-electron chi connectivity index (χ4n) is 5.74. The van der Waals surface area contributed by atoms with Crippen molar-refractivity contribution in [1.82, 2.24) is 24.8 Å². The average molecular weight is 400 g/mol. The quantitative estimate of drug-likeness (QED) is 0.483. The molecule has 2 N–H and O–H groups in total. The van der Waals surface area contributed by atoms with Gasteiger partial charge in [-0.15, -0.1) is 0 Å². The fourth-order valence-corrected chi connectivity index (χ4v) is 5.74. The van der Waals surface area contributed by atoms with Crippen molar-refractivity contribution in [3.63, 3.8) is 0 Å². The van der Waals surface area contributed by atoms with Gasteiger partial charge in [0.15, 0.2) is 5.65 Å². The van der Waals surface area contributed by atoms with Crippen LogP contribution in [0.25, 0.3) is 33.3 Å². The highest BCUT2D eigenvalue weighted by Gasteiger charge is 2.30. The summed E-state index contributed by atoms with van der Waals surface area (Å²) < 4.78 is 0. The van der Waals surface area contributed by atoms with Crippen LogP contribution in [-0.4, -0.2) is 37.9 Å². The van der Waals surface area contributed by atoms with Crippen molar-refractivity contribution in [3.8, 4) is 11.3 Å². The van der Waals surface area contributed by atoms with Gasteiger partial charge in [0.1, 0.15) is 11.3 Å². The first kappa shape index (κ1) is 18.1. The molecule has 154 valence electrons. The largest absolute Gasteiger partial charge is 0.354 e. The Bertz CT molecular complexity index is 1200. The summed E-state index contributed by atoms with van der Waals surface area (Å²) in [6, 6.07) is 11.2. The van der Waals surface area contributed by atoms with E-state index in [4.69, 9.17) is 0 Å². The Morgan fingerprint density at radius 3 is 2.87 bits per heavy atom. The summed E-state index contributed by atoms with van der Waals surface area (Å²) in [6.07, 6.45) is 9.03. The van der Waals surface area contributed by atoms with Crippen molar-refractivity contribution < 1.29 is 0 Å². The number of aromatic amines is 2. The zero-order valence-electron chi connectivity index (χ0n) is 17.6. The zero-order chi connectivity index (χ0) is 20.1. The van der Waals surface area contributed by atoms with E-state index < -0.39 is 0 Å². The smallest absolute Gasteiger partial charge is 0.158 e. The topological polar surface area (TPSA) is 60.6 Å². The van der Waals surface area contributed by atoms with E-state index in [1.807, 2.05) is 19.2 Å². The van der Waals surface area contributed by atoms with Crippen molar-refractivity contribution in [2.45, 2.75) is 45.6 Å². The van der Waals surface area contributed by atoms with Gasteiger partial charge >= 0.3 is 0 Å². The second kappa shape index (κ2) is 7.24. The van der Waals surface area contributed by atoms with Crippen molar-refractivity contribution in [2.24, 2.45) is 11.8 Å². The monoisotopic (exact) mass is 399 g/mol. The number of piperidine rings is 1. The number of aromatic nitrogens is 4. The number of hydrogen-bond donors (Lipinski definition) is 2. The highest BCUT2D eigenvalue weighted by molar-refractivity contribution is 5.94. The number of pyridine rings is 1. The predicted molar refractivity (Wildman–Crippen MR) is 121 cm³/mol. The molecule has 4 heterocycles. The van der Waals surface area contributed by atoms with Crippen LogP contribution < -0.4 is 0 Å². The number of nitrogens with one attached hydrogen (secondary N) is 2. The molecule has 3 aromatic heterocycles. The molecule has 0 spiro atoms. The van der Waals surface area contributed by atoms with Gasteiger partial charge in [-0.25, -0.2) is 9.97 Å². The molecule has 2 aliphatic rings. The maximum Gasteiger partial charge on any atom is 0.158 e. The van der Waals surface area contributed by atoms with Crippen LogP contribution in [-0.2, 0) is 6.54 Å². The molecule has 1 aliphatic heterocycles. The van der Waals surface area contributed by atoms with E-state index in [2.05, 4.69) is 49.1 Å². The van der Waals surface area contributed by atoms with Crippen molar-refractivity contribution in [1.29, 1.82) is 0 Å². The molecule has 0 bridgehead atoms. The summed E-state index contributed by atoms with van der Waals surface area (Å²) in [5.74, 6) is 2.82. The van der Waals surface area contributed by atoms with Crippen LogP contribution in [0.5, 0.6) is 0 Å². The number of imidazole rings is 1. The lowest BCUT2D eigenvalue weighted by atomic mass is 9.75. The van der Waals surface area contributed by atoms with E-state index in [1.165, 1.54) is 61.7 Å². The van der Waals surface area contributed by atoms with Crippen LogP contribution in [0.15, 0.2) is 36.5 Å². The zero-order valence-corrected chi connectivity index (χ0v) is 17.6. The summed E-state index contributed by atoms with van der Waals surface area (Å²) in [6.45, 7) is 5.57. The molecule has 0 unspecified atom stereocenters. The number of benzene rings is 1. The summed E-state index contributed by atoms with van der Waals surface area (Å²) in [7, 11) is 0.